The third-order valence-electron chi connectivity index (χ3n) is 2.41. The number of anilines is 1. The van der Waals surface area contributed by atoms with Crippen LogP contribution in [0.15, 0.2) is 48.4 Å². The molecule has 1 aromatic heterocycles. The smallest absolute Gasteiger partial charge is 0.183 e. The van der Waals surface area contributed by atoms with E-state index in [9.17, 15) is 0 Å². The van der Waals surface area contributed by atoms with Crippen LogP contribution in [0.3, 0.4) is 0 Å². The number of nitrogens with one attached hydrogen (secondary N) is 1. The van der Waals surface area contributed by atoms with Crippen molar-refractivity contribution < 1.29 is 4.42 Å². The SMILES string of the molecule is NCC(Nc1cccc(Br)c1)c1cc(Br)c(Br)o1. The second kappa shape index (κ2) is 6.23. The molecule has 2 aromatic rings. The van der Waals surface area contributed by atoms with E-state index in [4.69, 9.17) is 10.2 Å². The Morgan fingerprint density at radius 2 is 2.00 bits per heavy atom. The van der Waals surface area contributed by atoms with Crippen LogP contribution in [0.2, 0.25) is 0 Å². The molecule has 0 saturated carbocycles. The number of halogens is 3. The van der Waals surface area contributed by atoms with Crippen molar-refractivity contribution in [3.8, 4) is 0 Å². The number of hydrogen-bond acceptors (Lipinski definition) is 3. The number of nitrogens with two attached hydrogens (primary N) is 1. The third kappa shape index (κ3) is 3.38. The van der Waals surface area contributed by atoms with Gasteiger partial charge in [-0.3, -0.25) is 0 Å². The predicted octanol–water partition coefficient (Wildman–Crippen LogP) is 4.68. The Balaban J connectivity index is 2.19. The lowest BCUT2D eigenvalue weighted by atomic mass is 10.2. The van der Waals surface area contributed by atoms with Gasteiger partial charge in [-0.15, -0.1) is 0 Å². The predicted molar refractivity (Wildman–Crippen MR) is 83.7 cm³/mol. The van der Waals surface area contributed by atoms with Crippen molar-refractivity contribution in [1.82, 2.24) is 0 Å². The molecule has 96 valence electrons. The molecule has 0 aliphatic rings. The summed E-state index contributed by atoms with van der Waals surface area (Å²) in [5.41, 5.74) is 6.77. The maximum absolute atomic E-state index is 5.79. The minimum absolute atomic E-state index is 0.0677. The molecular formula is C12H11Br3N2O. The van der Waals surface area contributed by atoms with Gasteiger partial charge >= 0.3 is 0 Å². The zero-order valence-corrected chi connectivity index (χ0v) is 14.0. The van der Waals surface area contributed by atoms with Gasteiger partial charge < -0.3 is 15.5 Å². The van der Waals surface area contributed by atoms with E-state index in [1.807, 2.05) is 30.3 Å². The molecule has 1 unspecified atom stereocenters. The van der Waals surface area contributed by atoms with Crippen molar-refractivity contribution >= 4 is 53.5 Å². The molecule has 0 fully saturated rings. The van der Waals surface area contributed by atoms with Gasteiger partial charge in [0.25, 0.3) is 0 Å². The van der Waals surface area contributed by atoms with Crippen molar-refractivity contribution in [2.45, 2.75) is 6.04 Å². The Labute approximate surface area is 131 Å². The Morgan fingerprint density at radius 1 is 1.22 bits per heavy atom. The number of rotatable bonds is 4. The highest BCUT2D eigenvalue weighted by atomic mass is 79.9. The van der Waals surface area contributed by atoms with Crippen LogP contribution in [0, 0.1) is 0 Å². The topological polar surface area (TPSA) is 51.2 Å². The molecule has 0 saturated heterocycles. The molecular weight excluding hydrogens is 428 g/mol. The first-order valence-electron chi connectivity index (χ1n) is 5.27. The van der Waals surface area contributed by atoms with Crippen molar-refractivity contribution in [3.05, 3.63) is 49.7 Å². The van der Waals surface area contributed by atoms with E-state index in [1.165, 1.54) is 0 Å². The van der Waals surface area contributed by atoms with E-state index in [-0.39, 0.29) is 6.04 Å². The van der Waals surface area contributed by atoms with Crippen LogP contribution in [0.25, 0.3) is 0 Å². The molecule has 0 spiro atoms. The molecule has 0 bridgehead atoms. The molecule has 18 heavy (non-hydrogen) atoms. The van der Waals surface area contributed by atoms with Crippen molar-refractivity contribution in [1.29, 1.82) is 0 Å². The van der Waals surface area contributed by atoms with Crippen LogP contribution in [0.4, 0.5) is 5.69 Å². The highest BCUT2D eigenvalue weighted by Gasteiger charge is 2.16. The van der Waals surface area contributed by atoms with Crippen LogP contribution < -0.4 is 11.1 Å². The zero-order valence-electron chi connectivity index (χ0n) is 9.29. The van der Waals surface area contributed by atoms with Crippen LogP contribution in [0.1, 0.15) is 11.8 Å². The van der Waals surface area contributed by atoms with Gasteiger partial charge in [0, 0.05) is 16.7 Å². The van der Waals surface area contributed by atoms with Gasteiger partial charge in [0.15, 0.2) is 4.67 Å². The Kier molecular flexibility index (Phi) is 4.89. The average molecular weight is 439 g/mol. The molecule has 0 amide bonds. The van der Waals surface area contributed by atoms with Gasteiger partial charge in [0.1, 0.15) is 5.76 Å². The fourth-order valence-electron chi connectivity index (χ4n) is 1.56. The Bertz CT molecular complexity index is 522. The van der Waals surface area contributed by atoms with E-state index in [1.54, 1.807) is 0 Å². The van der Waals surface area contributed by atoms with Gasteiger partial charge in [0.05, 0.1) is 10.5 Å². The van der Waals surface area contributed by atoms with Gasteiger partial charge in [-0.1, -0.05) is 22.0 Å². The minimum Gasteiger partial charge on any atom is -0.451 e. The number of hydrogen-bond donors (Lipinski definition) is 2. The van der Waals surface area contributed by atoms with E-state index in [0.29, 0.717) is 11.2 Å². The maximum Gasteiger partial charge on any atom is 0.183 e. The van der Waals surface area contributed by atoms with Crippen molar-refractivity contribution in [3.63, 3.8) is 0 Å². The molecule has 3 nitrogen and oxygen atoms in total. The van der Waals surface area contributed by atoms with Crippen LogP contribution in [-0.2, 0) is 0 Å². The van der Waals surface area contributed by atoms with Crippen molar-refractivity contribution in [2.24, 2.45) is 5.73 Å². The second-order valence-corrected chi connectivity index (χ2v) is 6.20. The van der Waals surface area contributed by atoms with Gasteiger partial charge in [0.2, 0.25) is 0 Å². The first kappa shape index (κ1) is 14.1. The highest BCUT2D eigenvalue weighted by molar-refractivity contribution is 9.13. The molecule has 6 heteroatoms. The maximum atomic E-state index is 5.79. The van der Waals surface area contributed by atoms with E-state index >= 15 is 0 Å². The standard InChI is InChI=1S/C12H11Br3N2O/c13-7-2-1-3-8(4-7)17-10(6-16)11-5-9(14)12(15)18-11/h1-5,10,17H,6,16H2. The minimum atomic E-state index is -0.0677. The summed E-state index contributed by atoms with van der Waals surface area (Å²) in [7, 11) is 0. The normalized spacial score (nSPS) is 12.4. The monoisotopic (exact) mass is 436 g/mol. The fraction of sp³-hybridized carbons (Fsp3) is 0.167. The molecule has 1 atom stereocenters. The van der Waals surface area contributed by atoms with E-state index < -0.39 is 0 Å². The van der Waals surface area contributed by atoms with E-state index in [0.717, 1.165) is 20.4 Å². The van der Waals surface area contributed by atoms with Crippen LogP contribution in [-0.4, -0.2) is 6.54 Å². The molecule has 0 aliphatic heterocycles. The summed E-state index contributed by atoms with van der Waals surface area (Å²) in [5.74, 6) is 0.788. The zero-order chi connectivity index (χ0) is 13.1. The molecule has 1 aromatic carbocycles. The highest BCUT2D eigenvalue weighted by Crippen LogP contribution is 2.31. The summed E-state index contributed by atoms with van der Waals surface area (Å²) in [5, 5.41) is 3.34. The first-order valence-corrected chi connectivity index (χ1v) is 7.65. The summed E-state index contributed by atoms with van der Waals surface area (Å²) in [6, 6.07) is 9.77. The first-order chi connectivity index (χ1) is 8.60. The second-order valence-electron chi connectivity index (χ2n) is 3.71. The summed E-state index contributed by atoms with van der Waals surface area (Å²) < 4.78 is 8.16. The third-order valence-corrected chi connectivity index (χ3v) is 4.61. The summed E-state index contributed by atoms with van der Waals surface area (Å²) >= 11 is 10.2. The van der Waals surface area contributed by atoms with E-state index in [2.05, 4.69) is 53.1 Å². The lowest BCUT2D eigenvalue weighted by Crippen LogP contribution is -2.20. The number of furan rings is 1. The molecule has 1 heterocycles. The summed E-state index contributed by atoms with van der Waals surface area (Å²) in [4.78, 5) is 0. The molecule has 0 radical (unpaired) electrons. The number of benzene rings is 1. The van der Waals surface area contributed by atoms with Crippen LogP contribution >= 0.6 is 47.8 Å². The summed E-state index contributed by atoms with van der Waals surface area (Å²) in [6.45, 7) is 0.443. The summed E-state index contributed by atoms with van der Waals surface area (Å²) in [6.07, 6.45) is 0. The van der Waals surface area contributed by atoms with Gasteiger partial charge in [-0.25, -0.2) is 0 Å². The van der Waals surface area contributed by atoms with Crippen molar-refractivity contribution in [2.75, 3.05) is 11.9 Å². The van der Waals surface area contributed by atoms with Gasteiger partial charge in [-0.2, -0.15) is 0 Å². The largest absolute Gasteiger partial charge is 0.451 e. The Morgan fingerprint density at radius 3 is 2.56 bits per heavy atom. The quantitative estimate of drug-likeness (QED) is 0.728. The lowest BCUT2D eigenvalue weighted by Gasteiger charge is -2.15. The fourth-order valence-corrected chi connectivity index (χ4v) is 2.57. The lowest BCUT2D eigenvalue weighted by molar-refractivity contribution is 0.462. The molecule has 0 aliphatic carbocycles. The Hall–Kier alpha value is -0.300. The molecule has 2 rings (SSSR count). The van der Waals surface area contributed by atoms with Gasteiger partial charge in [-0.05, 0) is 56.1 Å². The molecule has 3 N–H and O–H groups in total. The average Bonchev–Trinajstić information content (AvgIpc) is 2.66. The van der Waals surface area contributed by atoms with Crippen LogP contribution in [0.5, 0.6) is 0 Å².